The Labute approximate surface area is 221 Å². The lowest BCUT2D eigenvalue weighted by atomic mass is 10.1. The number of benzene rings is 1. The summed E-state index contributed by atoms with van der Waals surface area (Å²) in [5, 5.41) is 6.59. The number of urea groups is 1. The lowest BCUT2D eigenvalue weighted by Crippen LogP contribution is -2.42. The highest BCUT2D eigenvalue weighted by Crippen LogP contribution is 2.38. The number of nitrogens with zero attached hydrogens (tertiary/aromatic N) is 4. The van der Waals surface area contributed by atoms with Crippen LogP contribution in [0.3, 0.4) is 0 Å². The van der Waals surface area contributed by atoms with Gasteiger partial charge >= 0.3 is 6.03 Å². The molecule has 1 aromatic carbocycles. The number of pyridine rings is 1. The second kappa shape index (κ2) is 9.77. The molecule has 0 radical (unpaired) electrons. The minimum atomic E-state index is -0.318. The van der Waals surface area contributed by atoms with Crippen LogP contribution in [0.5, 0.6) is 5.75 Å². The van der Waals surface area contributed by atoms with E-state index >= 15 is 0 Å². The summed E-state index contributed by atoms with van der Waals surface area (Å²) >= 11 is 0. The number of carbonyl (C=O) groups is 2. The first-order valence-corrected chi connectivity index (χ1v) is 13.0. The molecule has 2 amide bonds. The van der Waals surface area contributed by atoms with Gasteiger partial charge in [-0.3, -0.25) is 4.79 Å². The number of ether oxygens (including phenoxy) is 2. The normalized spacial score (nSPS) is 21.3. The van der Waals surface area contributed by atoms with E-state index in [1.54, 1.807) is 24.3 Å². The molecule has 38 heavy (non-hydrogen) atoms. The summed E-state index contributed by atoms with van der Waals surface area (Å²) in [5.74, 6) is 0.503. The Hall–Kier alpha value is -3.89. The molecule has 10 heteroatoms. The van der Waals surface area contributed by atoms with E-state index in [0.29, 0.717) is 23.5 Å². The van der Waals surface area contributed by atoms with Gasteiger partial charge in [-0.25, -0.2) is 9.78 Å². The number of Topliss-reactive ketones (excluding diaryl/α,β-unsaturated/α-hetero) is 1. The van der Waals surface area contributed by atoms with Gasteiger partial charge in [0.25, 0.3) is 0 Å². The summed E-state index contributed by atoms with van der Waals surface area (Å²) in [4.78, 5) is 34.5. The van der Waals surface area contributed by atoms with Crippen LogP contribution in [0.1, 0.15) is 28.8 Å². The molecule has 2 N–H and O–H groups in total. The number of aromatic nitrogens is 2. The zero-order valence-corrected chi connectivity index (χ0v) is 21.9. The molecule has 3 aliphatic heterocycles. The minimum absolute atomic E-state index is 0.219. The molecular weight excluding hydrogens is 484 g/mol. The van der Waals surface area contributed by atoms with E-state index in [1.807, 2.05) is 49.1 Å². The number of amides is 2. The zero-order chi connectivity index (χ0) is 26.4. The van der Waals surface area contributed by atoms with Gasteiger partial charge in [0, 0.05) is 62.3 Å². The molecule has 10 nitrogen and oxygen atoms in total. The average molecular weight is 517 g/mol. The third-order valence-corrected chi connectivity index (χ3v) is 7.31. The van der Waals surface area contributed by atoms with E-state index in [9.17, 15) is 9.59 Å². The first kappa shape index (κ1) is 24.4. The third kappa shape index (κ3) is 4.61. The van der Waals surface area contributed by atoms with Gasteiger partial charge in [-0.15, -0.1) is 0 Å². The van der Waals surface area contributed by atoms with Gasteiger partial charge in [-0.1, -0.05) is 0 Å². The van der Waals surface area contributed by atoms with Gasteiger partial charge in [0.1, 0.15) is 11.4 Å². The number of anilines is 2. The van der Waals surface area contributed by atoms with Crippen LogP contribution < -0.4 is 20.3 Å². The van der Waals surface area contributed by atoms with Crippen LogP contribution in [0.15, 0.2) is 42.4 Å². The molecule has 0 saturated carbocycles. The lowest BCUT2D eigenvalue weighted by Gasteiger charge is -2.34. The molecule has 5 heterocycles. The van der Waals surface area contributed by atoms with Crippen molar-refractivity contribution in [3.05, 3.63) is 53.5 Å². The number of hydrogen-bond acceptors (Lipinski definition) is 7. The summed E-state index contributed by atoms with van der Waals surface area (Å²) in [6.07, 6.45) is 8.32. The van der Waals surface area contributed by atoms with Crippen LogP contribution in [-0.4, -0.2) is 78.7 Å². The Morgan fingerprint density at radius 1 is 1.21 bits per heavy atom. The molecule has 2 unspecified atom stereocenters. The Kier molecular flexibility index (Phi) is 6.29. The van der Waals surface area contributed by atoms with Gasteiger partial charge in [-0.05, 0) is 57.3 Å². The molecule has 0 spiro atoms. The number of nitrogens with one attached hydrogen (secondary N) is 2. The van der Waals surface area contributed by atoms with Crippen LogP contribution in [-0.2, 0) is 11.8 Å². The fourth-order valence-corrected chi connectivity index (χ4v) is 5.48. The standard InChI is InChI=1S/C28H32N6O4/c1-32(2)11-10-30-28(36)31-18-4-7-23-21(13-18)26(35)24(38-23)12-17-14-33(3)27-25(17)22(8-9-29-27)34-15-19-5-6-20(16-34)37-19/h4,7-9,12-14,19-20H,5-6,10-11,15-16H2,1-3H3,(H2,30,31,36). The number of rotatable bonds is 6. The van der Waals surface area contributed by atoms with Crippen molar-refractivity contribution in [3.63, 3.8) is 0 Å². The smallest absolute Gasteiger partial charge is 0.319 e. The maximum atomic E-state index is 13.3. The number of aryl methyl sites for hydroxylation is 1. The van der Waals surface area contributed by atoms with E-state index in [0.717, 1.165) is 54.8 Å². The molecule has 2 bridgehead atoms. The van der Waals surface area contributed by atoms with Crippen molar-refractivity contribution < 1.29 is 19.1 Å². The number of fused-ring (bicyclic) bond motifs is 4. The number of ketones is 1. The highest BCUT2D eigenvalue weighted by atomic mass is 16.5. The number of likely N-dealkylation sites (N-methyl/N-ethyl adjacent to an activating group) is 1. The summed E-state index contributed by atoms with van der Waals surface area (Å²) in [7, 11) is 5.84. The van der Waals surface area contributed by atoms with E-state index in [1.165, 1.54) is 0 Å². The van der Waals surface area contributed by atoms with Gasteiger partial charge in [0.2, 0.25) is 5.78 Å². The fourth-order valence-electron chi connectivity index (χ4n) is 5.48. The minimum Gasteiger partial charge on any atom is -0.452 e. The summed E-state index contributed by atoms with van der Waals surface area (Å²) in [6.45, 7) is 2.95. The van der Waals surface area contributed by atoms with Gasteiger partial charge < -0.3 is 34.5 Å². The van der Waals surface area contributed by atoms with Gasteiger partial charge in [0.05, 0.1) is 23.5 Å². The van der Waals surface area contributed by atoms with E-state index in [2.05, 4.69) is 20.5 Å². The summed E-state index contributed by atoms with van der Waals surface area (Å²) < 4.78 is 14.0. The summed E-state index contributed by atoms with van der Waals surface area (Å²) in [6, 6.07) is 6.82. The molecule has 2 saturated heterocycles. The van der Waals surface area contributed by atoms with E-state index < -0.39 is 0 Å². The SMILES string of the molecule is CN(C)CCNC(=O)Nc1ccc2c(c1)C(=O)C(=Cc1cn(C)c3nccc(N4CC5CCC(C4)O5)c13)O2. The van der Waals surface area contributed by atoms with Crippen LogP contribution in [0.25, 0.3) is 17.1 Å². The van der Waals surface area contributed by atoms with Gasteiger partial charge in [0.15, 0.2) is 5.76 Å². The predicted molar refractivity (Wildman–Crippen MR) is 146 cm³/mol. The molecule has 2 fully saturated rings. The first-order chi connectivity index (χ1) is 18.4. The highest BCUT2D eigenvalue weighted by Gasteiger charge is 2.35. The van der Waals surface area contributed by atoms with Crippen molar-refractivity contribution in [3.8, 4) is 5.75 Å². The van der Waals surface area contributed by atoms with Crippen LogP contribution >= 0.6 is 0 Å². The Morgan fingerprint density at radius 3 is 2.76 bits per heavy atom. The van der Waals surface area contributed by atoms with Crippen molar-refractivity contribution in [1.82, 2.24) is 19.8 Å². The first-order valence-electron chi connectivity index (χ1n) is 13.0. The van der Waals surface area contributed by atoms with E-state index in [-0.39, 0.29) is 29.8 Å². The van der Waals surface area contributed by atoms with Crippen LogP contribution in [0, 0.1) is 0 Å². The topological polar surface area (TPSA) is 101 Å². The molecule has 3 aromatic rings. The largest absolute Gasteiger partial charge is 0.452 e. The molecule has 3 aliphatic rings. The maximum Gasteiger partial charge on any atom is 0.319 e. The van der Waals surface area contributed by atoms with Gasteiger partial charge in [-0.2, -0.15) is 0 Å². The van der Waals surface area contributed by atoms with Crippen molar-refractivity contribution in [1.29, 1.82) is 0 Å². The highest BCUT2D eigenvalue weighted by molar-refractivity contribution is 6.16. The number of allylic oxidation sites excluding steroid dienone is 1. The molecule has 198 valence electrons. The quantitative estimate of drug-likeness (QED) is 0.485. The Balaban J connectivity index is 1.26. The molecular formula is C28H32N6O4. The molecule has 0 aliphatic carbocycles. The molecule has 2 aromatic heterocycles. The predicted octanol–water partition coefficient (Wildman–Crippen LogP) is 3.24. The lowest BCUT2D eigenvalue weighted by molar-refractivity contribution is 0.0306. The molecule has 2 atom stereocenters. The Morgan fingerprint density at radius 2 is 2.00 bits per heavy atom. The number of hydrogen-bond donors (Lipinski definition) is 2. The third-order valence-electron chi connectivity index (χ3n) is 7.31. The maximum absolute atomic E-state index is 13.3. The second-order valence-corrected chi connectivity index (χ2v) is 10.4. The monoisotopic (exact) mass is 516 g/mol. The zero-order valence-electron chi connectivity index (χ0n) is 21.9. The fraction of sp³-hybridized carbons (Fsp3) is 0.393. The molecule has 6 rings (SSSR count). The van der Waals surface area contributed by atoms with Crippen LogP contribution in [0.4, 0.5) is 16.2 Å². The van der Waals surface area contributed by atoms with Crippen LogP contribution in [0.2, 0.25) is 0 Å². The second-order valence-electron chi connectivity index (χ2n) is 10.4. The summed E-state index contributed by atoms with van der Waals surface area (Å²) in [5.41, 5.74) is 3.77. The van der Waals surface area contributed by atoms with E-state index in [4.69, 9.17) is 9.47 Å². The van der Waals surface area contributed by atoms with Crippen molar-refractivity contribution >= 4 is 40.3 Å². The Bertz CT molecular complexity index is 1430. The number of morpholine rings is 1. The van der Waals surface area contributed by atoms with Crippen molar-refractivity contribution in [2.75, 3.05) is 50.5 Å². The number of carbonyl (C=O) groups excluding carboxylic acids is 2. The van der Waals surface area contributed by atoms with Crippen molar-refractivity contribution in [2.24, 2.45) is 7.05 Å². The van der Waals surface area contributed by atoms with Crippen molar-refractivity contribution in [2.45, 2.75) is 25.0 Å². The average Bonchev–Trinajstić information content (AvgIpc) is 3.51.